The van der Waals surface area contributed by atoms with Crippen LogP contribution in [-0.4, -0.2) is 23.4 Å². The van der Waals surface area contributed by atoms with E-state index < -0.39 is 23.6 Å². The summed E-state index contributed by atoms with van der Waals surface area (Å²) >= 11 is 0. The molecule has 21 heavy (non-hydrogen) atoms. The summed E-state index contributed by atoms with van der Waals surface area (Å²) in [6.45, 7) is 3.16. The number of ether oxygens (including phenoxy) is 1. The fourth-order valence-corrected chi connectivity index (χ4v) is 1.86. The van der Waals surface area contributed by atoms with Crippen molar-refractivity contribution in [1.82, 2.24) is 4.98 Å². The molecule has 2 rings (SSSR count). The molecule has 1 aromatic heterocycles. The van der Waals surface area contributed by atoms with E-state index in [1.807, 2.05) is 0 Å². The number of amides is 2. The molecule has 1 aliphatic rings. The van der Waals surface area contributed by atoms with Crippen LogP contribution in [-0.2, 0) is 20.5 Å². The first kappa shape index (κ1) is 15.0. The molecule has 112 valence electrons. The molecule has 1 aromatic rings. The first-order valence-corrected chi connectivity index (χ1v) is 6.03. The van der Waals surface area contributed by atoms with Crippen molar-refractivity contribution < 1.29 is 27.5 Å². The Morgan fingerprint density at radius 1 is 1.29 bits per heavy atom. The summed E-state index contributed by atoms with van der Waals surface area (Å²) in [5.74, 6) is -2.10. The number of pyridine rings is 1. The Bertz CT molecular complexity index is 638. The molecule has 8 heteroatoms. The molecule has 0 unspecified atom stereocenters. The molecule has 0 radical (unpaired) electrons. The molecule has 0 aliphatic carbocycles. The van der Waals surface area contributed by atoms with Gasteiger partial charge in [-0.3, -0.25) is 9.59 Å². The Morgan fingerprint density at radius 3 is 2.52 bits per heavy atom. The summed E-state index contributed by atoms with van der Waals surface area (Å²) in [6, 6.07) is 1.41. The van der Waals surface area contributed by atoms with Gasteiger partial charge in [-0.1, -0.05) is 0 Å². The number of aromatic nitrogens is 1. The zero-order valence-electron chi connectivity index (χ0n) is 11.2. The van der Waals surface area contributed by atoms with Crippen LogP contribution in [0, 0.1) is 0 Å². The third-order valence-electron chi connectivity index (χ3n) is 2.85. The maximum Gasteiger partial charge on any atom is 0.416 e. The van der Waals surface area contributed by atoms with Crippen LogP contribution in [0.2, 0.25) is 0 Å². The standard InChI is InChI=1S/C13H11F3N2O3/c1-3-21-10-7(2)11(19)18(12(10)20)9-6-8(4-5-17-9)13(14,15)16/h4-6H,3H2,1-2H3. The van der Waals surface area contributed by atoms with E-state index in [9.17, 15) is 22.8 Å². The summed E-state index contributed by atoms with van der Waals surface area (Å²) < 4.78 is 43.1. The predicted molar refractivity (Wildman–Crippen MR) is 66.1 cm³/mol. The second-order valence-electron chi connectivity index (χ2n) is 4.23. The van der Waals surface area contributed by atoms with Crippen molar-refractivity contribution in [3.8, 4) is 0 Å². The molecule has 0 atom stereocenters. The second-order valence-corrected chi connectivity index (χ2v) is 4.23. The Kier molecular flexibility index (Phi) is 3.71. The fourth-order valence-electron chi connectivity index (χ4n) is 1.86. The lowest BCUT2D eigenvalue weighted by molar-refractivity contribution is -0.137. The maximum absolute atomic E-state index is 12.7. The molecule has 0 aromatic carbocycles. The molecule has 0 fully saturated rings. The van der Waals surface area contributed by atoms with Gasteiger partial charge in [-0.2, -0.15) is 13.2 Å². The van der Waals surface area contributed by atoms with Crippen LogP contribution in [0.15, 0.2) is 29.7 Å². The average molecular weight is 300 g/mol. The van der Waals surface area contributed by atoms with Crippen LogP contribution in [0.3, 0.4) is 0 Å². The molecule has 0 N–H and O–H groups in total. The van der Waals surface area contributed by atoms with Gasteiger partial charge in [0.05, 0.1) is 17.7 Å². The number of carbonyl (C=O) groups excluding carboxylic acids is 2. The molecule has 2 heterocycles. The highest BCUT2D eigenvalue weighted by Crippen LogP contribution is 2.32. The van der Waals surface area contributed by atoms with Gasteiger partial charge in [0.25, 0.3) is 5.91 Å². The number of alkyl halides is 3. The zero-order chi connectivity index (χ0) is 15.8. The predicted octanol–water partition coefficient (Wildman–Crippen LogP) is 2.28. The minimum absolute atomic E-state index is 0.0426. The lowest BCUT2D eigenvalue weighted by Gasteiger charge is -2.15. The number of hydrogen-bond acceptors (Lipinski definition) is 4. The van der Waals surface area contributed by atoms with Crippen LogP contribution in [0.1, 0.15) is 19.4 Å². The highest BCUT2D eigenvalue weighted by molar-refractivity contribution is 6.31. The highest BCUT2D eigenvalue weighted by atomic mass is 19.4. The van der Waals surface area contributed by atoms with Gasteiger partial charge in [0.2, 0.25) is 0 Å². The summed E-state index contributed by atoms with van der Waals surface area (Å²) in [5.41, 5.74) is -0.948. The SMILES string of the molecule is CCOC1=C(C)C(=O)N(c2cc(C(F)(F)F)ccn2)C1=O. The number of imide groups is 1. The Balaban J connectivity index is 2.41. The van der Waals surface area contributed by atoms with Crippen molar-refractivity contribution in [3.05, 3.63) is 35.2 Å². The first-order chi connectivity index (χ1) is 9.77. The van der Waals surface area contributed by atoms with Crippen molar-refractivity contribution in [1.29, 1.82) is 0 Å². The molecular formula is C13H11F3N2O3. The Labute approximate surface area is 118 Å². The summed E-state index contributed by atoms with van der Waals surface area (Å²) in [7, 11) is 0. The number of halogens is 3. The minimum Gasteiger partial charge on any atom is -0.488 e. The van der Waals surface area contributed by atoms with Crippen molar-refractivity contribution in [3.63, 3.8) is 0 Å². The lowest BCUT2D eigenvalue weighted by Crippen LogP contribution is -2.32. The normalized spacial score (nSPS) is 16.0. The summed E-state index contributed by atoms with van der Waals surface area (Å²) in [4.78, 5) is 28.3. The third kappa shape index (κ3) is 2.61. The summed E-state index contributed by atoms with van der Waals surface area (Å²) in [6.07, 6.45) is -3.69. The van der Waals surface area contributed by atoms with Gasteiger partial charge in [0.1, 0.15) is 5.82 Å². The fraction of sp³-hybridized carbons (Fsp3) is 0.308. The Morgan fingerprint density at radius 2 is 1.95 bits per heavy atom. The largest absolute Gasteiger partial charge is 0.488 e. The number of rotatable bonds is 3. The van der Waals surface area contributed by atoms with Crippen LogP contribution in [0.25, 0.3) is 0 Å². The van der Waals surface area contributed by atoms with E-state index in [1.54, 1.807) is 6.92 Å². The van der Waals surface area contributed by atoms with Crippen molar-refractivity contribution in [2.45, 2.75) is 20.0 Å². The van der Waals surface area contributed by atoms with Gasteiger partial charge >= 0.3 is 12.1 Å². The van der Waals surface area contributed by atoms with Gasteiger partial charge in [0, 0.05) is 6.20 Å². The van der Waals surface area contributed by atoms with E-state index in [-0.39, 0.29) is 23.8 Å². The topological polar surface area (TPSA) is 59.5 Å². The van der Waals surface area contributed by atoms with Gasteiger partial charge in [-0.05, 0) is 26.0 Å². The molecule has 0 saturated carbocycles. The van der Waals surface area contributed by atoms with Crippen molar-refractivity contribution in [2.24, 2.45) is 0 Å². The molecule has 5 nitrogen and oxygen atoms in total. The van der Waals surface area contributed by atoms with E-state index in [2.05, 4.69) is 4.98 Å². The lowest BCUT2D eigenvalue weighted by atomic mass is 10.2. The van der Waals surface area contributed by atoms with Gasteiger partial charge in [-0.25, -0.2) is 9.88 Å². The van der Waals surface area contributed by atoms with E-state index >= 15 is 0 Å². The minimum atomic E-state index is -4.59. The maximum atomic E-state index is 12.7. The molecule has 0 bridgehead atoms. The molecule has 0 saturated heterocycles. The van der Waals surface area contributed by atoms with Crippen molar-refractivity contribution in [2.75, 3.05) is 11.5 Å². The number of carbonyl (C=O) groups is 2. The molecule has 1 aliphatic heterocycles. The number of nitrogens with zero attached hydrogens (tertiary/aromatic N) is 2. The van der Waals surface area contributed by atoms with Crippen molar-refractivity contribution >= 4 is 17.6 Å². The third-order valence-corrected chi connectivity index (χ3v) is 2.85. The molecule has 2 amide bonds. The second kappa shape index (κ2) is 5.19. The van der Waals surface area contributed by atoms with Crippen LogP contribution in [0.4, 0.5) is 19.0 Å². The van der Waals surface area contributed by atoms with E-state index in [4.69, 9.17) is 4.74 Å². The zero-order valence-corrected chi connectivity index (χ0v) is 11.2. The Hall–Kier alpha value is -2.38. The van der Waals surface area contributed by atoms with E-state index in [1.165, 1.54) is 6.92 Å². The van der Waals surface area contributed by atoms with E-state index in [0.717, 1.165) is 12.3 Å². The van der Waals surface area contributed by atoms with Gasteiger partial charge in [-0.15, -0.1) is 0 Å². The monoisotopic (exact) mass is 300 g/mol. The smallest absolute Gasteiger partial charge is 0.416 e. The van der Waals surface area contributed by atoms with Gasteiger partial charge in [0.15, 0.2) is 5.76 Å². The average Bonchev–Trinajstić information content (AvgIpc) is 2.62. The first-order valence-electron chi connectivity index (χ1n) is 6.03. The number of hydrogen-bond donors (Lipinski definition) is 0. The van der Waals surface area contributed by atoms with Gasteiger partial charge < -0.3 is 4.74 Å². The molecule has 0 spiro atoms. The van der Waals surface area contributed by atoms with Crippen LogP contribution < -0.4 is 4.90 Å². The summed E-state index contributed by atoms with van der Waals surface area (Å²) in [5, 5.41) is 0. The highest BCUT2D eigenvalue weighted by Gasteiger charge is 2.40. The van der Waals surface area contributed by atoms with Crippen LogP contribution >= 0.6 is 0 Å². The van der Waals surface area contributed by atoms with Crippen LogP contribution in [0.5, 0.6) is 0 Å². The van der Waals surface area contributed by atoms with E-state index in [0.29, 0.717) is 11.0 Å². The quantitative estimate of drug-likeness (QED) is 0.804. The number of anilines is 1. The molecular weight excluding hydrogens is 289 g/mol.